The molecule has 5 heteroatoms. The summed E-state index contributed by atoms with van der Waals surface area (Å²) in [4.78, 5) is 0. The van der Waals surface area contributed by atoms with Crippen LogP contribution < -0.4 is 0 Å². The molecule has 0 fully saturated rings. The van der Waals surface area contributed by atoms with Crippen molar-refractivity contribution in [2.45, 2.75) is 19.4 Å². The number of halogens is 1. The van der Waals surface area contributed by atoms with Gasteiger partial charge in [0.05, 0.1) is 24.2 Å². The molecule has 0 aliphatic heterocycles. The van der Waals surface area contributed by atoms with Crippen molar-refractivity contribution in [1.29, 1.82) is 0 Å². The SMILES string of the molecule is COCc1ccccc1-n1cc(CCCCl)nn1. The van der Waals surface area contributed by atoms with Crippen molar-refractivity contribution in [2.75, 3.05) is 13.0 Å². The quantitative estimate of drug-likeness (QED) is 0.754. The molecule has 4 nitrogen and oxygen atoms in total. The maximum atomic E-state index is 5.67. The summed E-state index contributed by atoms with van der Waals surface area (Å²) in [6.45, 7) is 0.563. The van der Waals surface area contributed by atoms with Crippen LogP contribution in [0.25, 0.3) is 5.69 Å². The normalized spacial score (nSPS) is 10.8. The number of ether oxygens (including phenoxy) is 1. The van der Waals surface area contributed by atoms with E-state index in [0.29, 0.717) is 12.5 Å². The lowest BCUT2D eigenvalue weighted by Gasteiger charge is -2.07. The van der Waals surface area contributed by atoms with E-state index in [1.54, 1.807) is 11.8 Å². The standard InChI is InChI=1S/C13H16ClN3O/c1-18-10-11-5-2-3-7-13(11)17-9-12(15-16-17)6-4-8-14/h2-3,5,7,9H,4,6,8,10H2,1H3. The first-order chi connectivity index (χ1) is 8.85. The van der Waals surface area contributed by atoms with Crippen molar-refractivity contribution in [2.24, 2.45) is 0 Å². The minimum absolute atomic E-state index is 0.563. The Balaban J connectivity index is 2.22. The highest BCUT2D eigenvalue weighted by Gasteiger charge is 2.06. The molecule has 0 N–H and O–H groups in total. The summed E-state index contributed by atoms with van der Waals surface area (Å²) in [6, 6.07) is 8.01. The lowest BCUT2D eigenvalue weighted by atomic mass is 10.2. The Labute approximate surface area is 112 Å². The van der Waals surface area contributed by atoms with Crippen molar-refractivity contribution in [1.82, 2.24) is 15.0 Å². The lowest BCUT2D eigenvalue weighted by molar-refractivity contribution is 0.184. The molecule has 0 bridgehead atoms. The van der Waals surface area contributed by atoms with E-state index in [1.807, 2.05) is 30.5 Å². The Morgan fingerprint density at radius 3 is 2.94 bits per heavy atom. The van der Waals surface area contributed by atoms with E-state index in [-0.39, 0.29) is 0 Å². The first-order valence-corrected chi connectivity index (χ1v) is 6.43. The molecular formula is C13H16ClN3O. The van der Waals surface area contributed by atoms with Gasteiger partial charge in [-0.25, -0.2) is 4.68 Å². The van der Waals surface area contributed by atoms with Gasteiger partial charge in [-0.3, -0.25) is 0 Å². The van der Waals surface area contributed by atoms with Crippen molar-refractivity contribution < 1.29 is 4.74 Å². The number of hydrogen-bond donors (Lipinski definition) is 0. The molecule has 0 unspecified atom stereocenters. The van der Waals surface area contributed by atoms with Gasteiger partial charge in [0.15, 0.2) is 0 Å². The molecule has 1 aromatic heterocycles. The minimum Gasteiger partial charge on any atom is -0.380 e. The molecule has 2 rings (SSSR count). The van der Waals surface area contributed by atoms with E-state index in [0.717, 1.165) is 29.8 Å². The third-order valence-electron chi connectivity index (χ3n) is 2.65. The van der Waals surface area contributed by atoms with Gasteiger partial charge in [0.25, 0.3) is 0 Å². The Hall–Kier alpha value is -1.39. The summed E-state index contributed by atoms with van der Waals surface area (Å²) in [5.74, 6) is 0.646. The largest absolute Gasteiger partial charge is 0.380 e. The van der Waals surface area contributed by atoms with E-state index >= 15 is 0 Å². The zero-order valence-electron chi connectivity index (χ0n) is 10.3. The fraction of sp³-hybridized carbons (Fsp3) is 0.385. The van der Waals surface area contributed by atoms with Crippen LogP contribution in [-0.4, -0.2) is 28.0 Å². The number of aromatic nitrogens is 3. The maximum Gasteiger partial charge on any atom is 0.0832 e. The van der Waals surface area contributed by atoms with Gasteiger partial charge in [-0.1, -0.05) is 23.4 Å². The van der Waals surface area contributed by atoms with Crippen molar-refractivity contribution in [3.8, 4) is 5.69 Å². The van der Waals surface area contributed by atoms with Gasteiger partial charge in [0, 0.05) is 18.6 Å². The zero-order chi connectivity index (χ0) is 12.8. The Morgan fingerprint density at radius 2 is 2.17 bits per heavy atom. The van der Waals surface area contributed by atoms with Crippen LogP contribution in [-0.2, 0) is 17.8 Å². The topological polar surface area (TPSA) is 39.9 Å². The number of benzene rings is 1. The molecule has 1 aromatic carbocycles. The first kappa shape index (κ1) is 13.1. The van der Waals surface area contributed by atoms with E-state index in [9.17, 15) is 0 Å². The van der Waals surface area contributed by atoms with Crippen LogP contribution in [0, 0.1) is 0 Å². The smallest absolute Gasteiger partial charge is 0.0832 e. The van der Waals surface area contributed by atoms with Gasteiger partial charge < -0.3 is 4.74 Å². The maximum absolute atomic E-state index is 5.67. The summed E-state index contributed by atoms with van der Waals surface area (Å²) in [7, 11) is 1.68. The van der Waals surface area contributed by atoms with Crippen molar-refractivity contribution in [3.63, 3.8) is 0 Å². The number of nitrogens with zero attached hydrogens (tertiary/aromatic N) is 3. The highest BCUT2D eigenvalue weighted by atomic mass is 35.5. The summed E-state index contributed by atoms with van der Waals surface area (Å²) in [5.41, 5.74) is 3.06. The minimum atomic E-state index is 0.563. The van der Waals surface area contributed by atoms with E-state index in [1.165, 1.54) is 0 Å². The molecule has 0 aliphatic carbocycles. The molecule has 18 heavy (non-hydrogen) atoms. The van der Waals surface area contributed by atoms with Crippen LogP contribution >= 0.6 is 11.6 Å². The van der Waals surface area contributed by atoms with Crippen LogP contribution in [0.5, 0.6) is 0 Å². The van der Waals surface area contributed by atoms with Gasteiger partial charge in [0.1, 0.15) is 0 Å². The molecule has 0 radical (unpaired) electrons. The van der Waals surface area contributed by atoms with Crippen LogP contribution in [0.15, 0.2) is 30.5 Å². The monoisotopic (exact) mass is 265 g/mol. The van der Waals surface area contributed by atoms with Crippen LogP contribution in [0.4, 0.5) is 0 Å². The molecule has 2 aromatic rings. The highest BCUT2D eigenvalue weighted by Crippen LogP contribution is 2.14. The van der Waals surface area contributed by atoms with Gasteiger partial charge in [0.2, 0.25) is 0 Å². The fourth-order valence-electron chi connectivity index (χ4n) is 1.79. The molecule has 0 amide bonds. The van der Waals surface area contributed by atoms with Crippen LogP contribution in [0.3, 0.4) is 0 Å². The Kier molecular flexibility index (Phi) is 4.73. The molecule has 0 saturated carbocycles. The molecule has 96 valence electrons. The molecule has 0 spiro atoms. The van der Waals surface area contributed by atoms with Crippen LogP contribution in [0.2, 0.25) is 0 Å². The molecule has 0 aliphatic rings. The van der Waals surface area contributed by atoms with Gasteiger partial charge >= 0.3 is 0 Å². The number of methoxy groups -OCH3 is 1. The van der Waals surface area contributed by atoms with Gasteiger partial charge in [-0.05, 0) is 18.9 Å². The first-order valence-electron chi connectivity index (χ1n) is 5.89. The average molecular weight is 266 g/mol. The number of aryl methyl sites for hydroxylation is 1. The summed E-state index contributed by atoms with van der Waals surface area (Å²) >= 11 is 5.67. The number of rotatable bonds is 6. The van der Waals surface area contributed by atoms with Gasteiger partial charge in [-0.2, -0.15) is 0 Å². The number of hydrogen-bond acceptors (Lipinski definition) is 3. The zero-order valence-corrected chi connectivity index (χ0v) is 11.1. The second-order valence-corrected chi connectivity index (χ2v) is 4.39. The number of alkyl halides is 1. The average Bonchev–Trinajstić information content (AvgIpc) is 2.86. The third-order valence-corrected chi connectivity index (χ3v) is 2.91. The summed E-state index contributed by atoms with van der Waals surface area (Å²) in [5, 5.41) is 8.30. The van der Waals surface area contributed by atoms with Crippen LogP contribution in [0.1, 0.15) is 17.7 Å². The second-order valence-electron chi connectivity index (χ2n) is 4.01. The summed E-state index contributed by atoms with van der Waals surface area (Å²) < 4.78 is 6.97. The fourth-order valence-corrected chi connectivity index (χ4v) is 1.92. The lowest BCUT2D eigenvalue weighted by Crippen LogP contribution is -2.01. The Bertz CT molecular complexity index is 498. The van der Waals surface area contributed by atoms with Crippen molar-refractivity contribution in [3.05, 3.63) is 41.7 Å². The predicted octanol–water partition coefficient (Wildman–Crippen LogP) is 2.59. The van der Waals surface area contributed by atoms with Crippen molar-refractivity contribution >= 4 is 11.6 Å². The molecule has 0 atom stereocenters. The molecule has 1 heterocycles. The van der Waals surface area contributed by atoms with E-state index in [2.05, 4.69) is 10.3 Å². The molecule has 0 saturated heterocycles. The van der Waals surface area contributed by atoms with E-state index < -0.39 is 0 Å². The highest BCUT2D eigenvalue weighted by molar-refractivity contribution is 6.17. The predicted molar refractivity (Wildman–Crippen MR) is 71.1 cm³/mol. The summed E-state index contributed by atoms with van der Waals surface area (Å²) in [6.07, 6.45) is 3.72. The molecular weight excluding hydrogens is 250 g/mol. The van der Waals surface area contributed by atoms with Gasteiger partial charge in [-0.15, -0.1) is 16.7 Å². The van der Waals surface area contributed by atoms with E-state index in [4.69, 9.17) is 16.3 Å². The third kappa shape index (κ3) is 3.09. The number of para-hydroxylation sites is 1. The Morgan fingerprint density at radius 1 is 1.33 bits per heavy atom. The second kappa shape index (κ2) is 6.52.